The fraction of sp³-hybridized carbons (Fsp3) is 0.167. The number of aromatic hydroxyl groups is 1. The van der Waals surface area contributed by atoms with Gasteiger partial charge in [-0.05, 0) is 36.4 Å². The molecule has 0 aliphatic heterocycles. The number of rotatable bonds is 7. The van der Waals surface area contributed by atoms with Gasteiger partial charge in [-0.3, -0.25) is 0 Å². The van der Waals surface area contributed by atoms with E-state index >= 15 is 0 Å². The predicted molar refractivity (Wildman–Crippen MR) is 91.7 cm³/mol. The highest BCUT2D eigenvalue weighted by Crippen LogP contribution is 2.23. The van der Waals surface area contributed by atoms with E-state index in [9.17, 15) is 5.11 Å². The van der Waals surface area contributed by atoms with E-state index in [1.165, 1.54) is 0 Å². The maximum absolute atomic E-state index is 9.30. The number of aromatic nitrogens is 1. The van der Waals surface area contributed by atoms with Crippen LogP contribution in [0.4, 0.5) is 0 Å². The van der Waals surface area contributed by atoms with Crippen molar-refractivity contribution >= 4 is 11.8 Å². The molecule has 3 rings (SSSR count). The summed E-state index contributed by atoms with van der Waals surface area (Å²) in [5.41, 5.74) is 1.70. The first-order valence-electron chi connectivity index (χ1n) is 7.32. The van der Waals surface area contributed by atoms with Crippen LogP contribution in [-0.4, -0.2) is 22.6 Å². The van der Waals surface area contributed by atoms with Gasteiger partial charge in [-0.2, -0.15) is 11.8 Å². The van der Waals surface area contributed by atoms with Gasteiger partial charge in [0.05, 0.1) is 12.4 Å². The van der Waals surface area contributed by atoms with Gasteiger partial charge in [-0.15, -0.1) is 0 Å². The molecule has 0 aliphatic carbocycles. The molecule has 0 amide bonds. The molecule has 0 atom stereocenters. The van der Waals surface area contributed by atoms with Crippen molar-refractivity contribution in [3.05, 3.63) is 66.4 Å². The van der Waals surface area contributed by atoms with Crippen molar-refractivity contribution in [2.45, 2.75) is 5.75 Å². The van der Waals surface area contributed by atoms with Crippen LogP contribution < -0.4 is 4.74 Å². The van der Waals surface area contributed by atoms with Crippen LogP contribution in [0.3, 0.4) is 0 Å². The quantitative estimate of drug-likeness (QED) is 0.653. The molecular weight excluding hydrogens is 310 g/mol. The third-order valence-electron chi connectivity index (χ3n) is 3.21. The average molecular weight is 327 g/mol. The van der Waals surface area contributed by atoms with Gasteiger partial charge in [0, 0.05) is 17.4 Å². The summed E-state index contributed by atoms with van der Waals surface area (Å²) >= 11 is 1.74. The second kappa shape index (κ2) is 7.74. The van der Waals surface area contributed by atoms with Crippen LogP contribution in [0.5, 0.6) is 11.5 Å². The number of ether oxygens (including phenoxy) is 1. The van der Waals surface area contributed by atoms with Crippen LogP contribution in [0.1, 0.15) is 5.76 Å². The van der Waals surface area contributed by atoms with Crippen LogP contribution in [0, 0.1) is 0 Å². The summed E-state index contributed by atoms with van der Waals surface area (Å²) in [7, 11) is 0. The first kappa shape index (κ1) is 15.5. The van der Waals surface area contributed by atoms with Crippen LogP contribution in [0.25, 0.3) is 11.3 Å². The van der Waals surface area contributed by atoms with Gasteiger partial charge in [0.1, 0.15) is 23.0 Å². The topological polar surface area (TPSA) is 55.5 Å². The first-order valence-corrected chi connectivity index (χ1v) is 8.47. The minimum Gasteiger partial charge on any atom is -0.508 e. The molecule has 1 N–H and O–H groups in total. The number of hydrogen-bond donors (Lipinski definition) is 1. The molecular formula is C18H17NO3S. The molecule has 1 heterocycles. The van der Waals surface area contributed by atoms with Crippen LogP contribution in [-0.2, 0) is 5.75 Å². The summed E-state index contributed by atoms with van der Waals surface area (Å²) in [5.74, 6) is 3.60. The van der Waals surface area contributed by atoms with Crippen molar-refractivity contribution < 1.29 is 14.4 Å². The third kappa shape index (κ3) is 4.53. The third-order valence-corrected chi connectivity index (χ3v) is 4.15. The maximum Gasteiger partial charge on any atom is 0.147 e. The minimum absolute atomic E-state index is 0.242. The van der Waals surface area contributed by atoms with Gasteiger partial charge < -0.3 is 14.4 Å². The van der Waals surface area contributed by atoms with Crippen LogP contribution in [0.2, 0.25) is 0 Å². The predicted octanol–water partition coefficient (Wildman–Crippen LogP) is 4.36. The van der Waals surface area contributed by atoms with Crippen molar-refractivity contribution in [2.75, 3.05) is 12.4 Å². The lowest BCUT2D eigenvalue weighted by atomic mass is 10.1. The van der Waals surface area contributed by atoms with E-state index < -0.39 is 0 Å². The lowest BCUT2D eigenvalue weighted by Crippen LogP contribution is -1.99. The molecule has 4 nitrogen and oxygen atoms in total. The zero-order valence-corrected chi connectivity index (χ0v) is 13.3. The van der Waals surface area contributed by atoms with E-state index in [4.69, 9.17) is 9.26 Å². The van der Waals surface area contributed by atoms with Crippen molar-refractivity contribution in [3.63, 3.8) is 0 Å². The Balaban J connectivity index is 1.43. The summed E-state index contributed by atoms with van der Waals surface area (Å²) in [6.07, 6.45) is 0. The Morgan fingerprint density at radius 1 is 1.04 bits per heavy atom. The zero-order valence-electron chi connectivity index (χ0n) is 12.5. The zero-order chi connectivity index (χ0) is 15.9. The number of thioether (sulfide) groups is 1. The number of benzene rings is 2. The highest BCUT2D eigenvalue weighted by molar-refractivity contribution is 7.98. The smallest absolute Gasteiger partial charge is 0.147 e. The highest BCUT2D eigenvalue weighted by atomic mass is 32.2. The van der Waals surface area contributed by atoms with Gasteiger partial charge in [0.2, 0.25) is 0 Å². The Morgan fingerprint density at radius 2 is 1.83 bits per heavy atom. The molecule has 0 radical (unpaired) electrons. The molecule has 0 unspecified atom stereocenters. The largest absolute Gasteiger partial charge is 0.508 e. The SMILES string of the molecule is Oc1ccc(-c2cc(CSCCOc3ccccc3)on2)cc1. The van der Waals surface area contributed by atoms with Gasteiger partial charge >= 0.3 is 0 Å². The second-order valence-electron chi connectivity index (χ2n) is 4.94. The van der Waals surface area contributed by atoms with Crippen LogP contribution >= 0.6 is 11.8 Å². The maximum atomic E-state index is 9.30. The Kier molecular flexibility index (Phi) is 5.21. The Labute approximate surface area is 139 Å². The van der Waals surface area contributed by atoms with E-state index in [1.54, 1.807) is 23.9 Å². The number of nitrogens with zero attached hydrogens (tertiary/aromatic N) is 1. The summed E-state index contributed by atoms with van der Waals surface area (Å²) in [6.45, 7) is 0.660. The minimum atomic E-state index is 0.242. The number of phenols is 1. The van der Waals surface area contributed by atoms with Crippen molar-refractivity contribution in [1.29, 1.82) is 0 Å². The molecule has 1 aromatic heterocycles. The van der Waals surface area contributed by atoms with Gasteiger partial charge in [-0.1, -0.05) is 23.4 Å². The number of phenolic OH excluding ortho intramolecular Hbond substituents is 1. The van der Waals surface area contributed by atoms with Gasteiger partial charge in [0.15, 0.2) is 0 Å². The molecule has 0 spiro atoms. The van der Waals surface area contributed by atoms with E-state index in [-0.39, 0.29) is 5.75 Å². The molecule has 5 heteroatoms. The summed E-state index contributed by atoms with van der Waals surface area (Å²) in [5, 5.41) is 13.4. The first-order chi connectivity index (χ1) is 11.3. The highest BCUT2D eigenvalue weighted by Gasteiger charge is 2.06. The van der Waals surface area contributed by atoms with Crippen molar-refractivity contribution in [1.82, 2.24) is 5.16 Å². The summed E-state index contributed by atoms with van der Waals surface area (Å²) < 4.78 is 11.0. The molecule has 0 fully saturated rings. The normalized spacial score (nSPS) is 10.6. The van der Waals surface area contributed by atoms with Gasteiger partial charge in [-0.25, -0.2) is 0 Å². The van der Waals surface area contributed by atoms with E-state index in [0.29, 0.717) is 6.61 Å². The molecule has 0 aliphatic rings. The van der Waals surface area contributed by atoms with E-state index in [2.05, 4.69) is 5.16 Å². The molecule has 0 saturated carbocycles. The molecule has 2 aromatic carbocycles. The second-order valence-corrected chi connectivity index (χ2v) is 6.04. The Morgan fingerprint density at radius 3 is 2.61 bits per heavy atom. The number of hydrogen-bond acceptors (Lipinski definition) is 5. The Bertz CT molecular complexity index is 726. The van der Waals surface area contributed by atoms with E-state index in [1.807, 2.05) is 48.5 Å². The lowest BCUT2D eigenvalue weighted by Gasteiger charge is -2.04. The monoisotopic (exact) mass is 327 g/mol. The molecule has 3 aromatic rings. The fourth-order valence-electron chi connectivity index (χ4n) is 2.06. The van der Waals surface area contributed by atoms with E-state index in [0.717, 1.165) is 34.3 Å². The lowest BCUT2D eigenvalue weighted by molar-refractivity contribution is 0.344. The molecule has 0 bridgehead atoms. The van der Waals surface area contributed by atoms with Gasteiger partial charge in [0.25, 0.3) is 0 Å². The van der Waals surface area contributed by atoms with Crippen LogP contribution in [0.15, 0.2) is 65.2 Å². The van der Waals surface area contributed by atoms with Crippen molar-refractivity contribution in [2.24, 2.45) is 0 Å². The van der Waals surface area contributed by atoms with Crippen molar-refractivity contribution in [3.8, 4) is 22.8 Å². The summed E-state index contributed by atoms with van der Waals surface area (Å²) in [6, 6.07) is 18.6. The molecule has 118 valence electrons. The standard InChI is InChI=1S/C18H17NO3S/c20-15-8-6-14(7-9-15)18-12-17(22-19-18)13-23-11-10-21-16-4-2-1-3-5-16/h1-9,12,20H,10-11,13H2. The average Bonchev–Trinajstić information content (AvgIpc) is 3.05. The summed E-state index contributed by atoms with van der Waals surface area (Å²) in [4.78, 5) is 0. The molecule has 0 saturated heterocycles. The Hall–Kier alpha value is -2.40. The number of para-hydroxylation sites is 1. The molecule has 23 heavy (non-hydrogen) atoms. The fourth-order valence-corrected chi connectivity index (χ4v) is 2.74.